The molecule has 2 heterocycles. The van der Waals surface area contributed by atoms with Crippen LogP contribution in [0.5, 0.6) is 5.75 Å². The van der Waals surface area contributed by atoms with E-state index in [2.05, 4.69) is 10.2 Å². The molecule has 33 heavy (non-hydrogen) atoms. The zero-order valence-corrected chi connectivity index (χ0v) is 19.8. The Morgan fingerprint density at radius 3 is 2.48 bits per heavy atom. The van der Waals surface area contributed by atoms with Crippen LogP contribution < -0.4 is 15.0 Å². The van der Waals surface area contributed by atoms with E-state index in [1.54, 1.807) is 12.0 Å². The number of methoxy groups -OCH3 is 2. The lowest BCUT2D eigenvalue weighted by molar-refractivity contribution is -0.136. The topological polar surface area (TPSA) is 91.4 Å². The number of piperazine rings is 1. The molecule has 0 bridgehead atoms. The molecule has 3 amide bonds. The Morgan fingerprint density at radius 2 is 1.76 bits per heavy atom. The fraction of sp³-hybridized carbons (Fsp3) is 0.625. The van der Waals surface area contributed by atoms with Gasteiger partial charge in [-0.05, 0) is 31.4 Å². The molecule has 0 aliphatic carbocycles. The van der Waals surface area contributed by atoms with E-state index in [-0.39, 0.29) is 36.7 Å². The fourth-order valence-corrected chi connectivity index (χ4v) is 4.52. The predicted octanol–water partition coefficient (Wildman–Crippen LogP) is 1.13. The number of carbonyl (C=O) groups excluding carboxylic acids is 3. The van der Waals surface area contributed by atoms with Crippen LogP contribution in [0.1, 0.15) is 25.7 Å². The van der Waals surface area contributed by atoms with Gasteiger partial charge in [0.1, 0.15) is 12.4 Å². The normalized spacial score (nSPS) is 20.6. The van der Waals surface area contributed by atoms with Crippen LogP contribution in [0.25, 0.3) is 0 Å². The molecule has 0 aromatic heterocycles. The summed E-state index contributed by atoms with van der Waals surface area (Å²) >= 11 is 0. The molecule has 1 unspecified atom stereocenters. The highest BCUT2D eigenvalue weighted by Gasteiger charge is 2.29. The molecule has 9 nitrogen and oxygen atoms in total. The zero-order chi connectivity index (χ0) is 23.6. The van der Waals surface area contributed by atoms with Crippen LogP contribution in [0.3, 0.4) is 0 Å². The number of anilines is 1. The first-order valence-corrected chi connectivity index (χ1v) is 11.7. The summed E-state index contributed by atoms with van der Waals surface area (Å²) in [7, 11) is 3.16. The minimum absolute atomic E-state index is 0.000452. The number of benzene rings is 1. The van der Waals surface area contributed by atoms with Crippen molar-refractivity contribution in [3.05, 3.63) is 24.3 Å². The molecule has 0 radical (unpaired) electrons. The number of hydrogen-bond acceptors (Lipinski definition) is 6. The number of nitrogens with one attached hydrogen (secondary N) is 1. The quantitative estimate of drug-likeness (QED) is 0.708. The van der Waals surface area contributed by atoms with Gasteiger partial charge in [-0.2, -0.15) is 0 Å². The second kappa shape index (κ2) is 12.4. The van der Waals surface area contributed by atoms with Crippen LogP contribution in [0.4, 0.5) is 5.69 Å². The van der Waals surface area contributed by atoms with Crippen LogP contribution in [-0.2, 0) is 19.1 Å². The molecule has 0 saturated carbocycles. The van der Waals surface area contributed by atoms with Gasteiger partial charge in [0.05, 0.1) is 12.8 Å². The average Bonchev–Trinajstić information content (AvgIpc) is 2.88. The number of rotatable bonds is 5. The number of ether oxygens (including phenoxy) is 2. The van der Waals surface area contributed by atoms with E-state index in [9.17, 15) is 14.4 Å². The highest BCUT2D eigenvalue weighted by atomic mass is 16.5. The fourth-order valence-electron chi connectivity index (χ4n) is 4.52. The summed E-state index contributed by atoms with van der Waals surface area (Å²) in [5, 5.41) is 2.90. The van der Waals surface area contributed by atoms with E-state index in [1.165, 1.54) is 7.11 Å². The van der Waals surface area contributed by atoms with Gasteiger partial charge >= 0.3 is 0 Å². The molecule has 1 atom stereocenters. The number of para-hydroxylation sites is 2. The lowest BCUT2D eigenvalue weighted by atomic mass is 9.97. The van der Waals surface area contributed by atoms with Gasteiger partial charge in [-0.3, -0.25) is 14.4 Å². The van der Waals surface area contributed by atoms with Gasteiger partial charge in [0, 0.05) is 65.3 Å². The highest BCUT2D eigenvalue weighted by molar-refractivity contribution is 5.81. The van der Waals surface area contributed by atoms with Crippen molar-refractivity contribution in [2.24, 2.45) is 5.92 Å². The molecule has 3 rings (SSSR count). The third kappa shape index (κ3) is 6.83. The summed E-state index contributed by atoms with van der Waals surface area (Å²) in [4.78, 5) is 43.6. The minimum atomic E-state index is -0.166. The molecule has 2 aliphatic rings. The first-order valence-electron chi connectivity index (χ1n) is 11.7. The summed E-state index contributed by atoms with van der Waals surface area (Å²) in [6, 6.07) is 7.93. The van der Waals surface area contributed by atoms with Crippen molar-refractivity contribution in [1.29, 1.82) is 0 Å². The summed E-state index contributed by atoms with van der Waals surface area (Å²) < 4.78 is 10.4. The molecule has 182 valence electrons. The summed E-state index contributed by atoms with van der Waals surface area (Å²) in [6.45, 7) is 4.17. The summed E-state index contributed by atoms with van der Waals surface area (Å²) in [5.74, 6) is 0.589. The van der Waals surface area contributed by atoms with Crippen molar-refractivity contribution in [3.8, 4) is 5.75 Å². The molecular weight excluding hydrogens is 424 g/mol. The van der Waals surface area contributed by atoms with Gasteiger partial charge in [0.2, 0.25) is 17.7 Å². The second-order valence-corrected chi connectivity index (χ2v) is 8.53. The SMILES string of the molecule is COCC(=O)N1CCCC(C(=O)N2CCN(c3ccccc3OC)CC2)CCNC(=O)CC1. The van der Waals surface area contributed by atoms with Crippen molar-refractivity contribution >= 4 is 23.4 Å². The number of carbonyl (C=O) groups is 3. The monoisotopic (exact) mass is 460 g/mol. The summed E-state index contributed by atoms with van der Waals surface area (Å²) in [6.07, 6.45) is 2.29. The zero-order valence-electron chi connectivity index (χ0n) is 19.8. The molecule has 9 heteroatoms. The molecule has 0 spiro atoms. The molecule has 1 N–H and O–H groups in total. The minimum Gasteiger partial charge on any atom is -0.495 e. The standard InChI is InChI=1S/C24H36N4O5/c1-32-18-23(30)27-12-5-6-19(9-11-25-22(29)10-13-27)24(31)28-16-14-26(15-17-28)20-7-3-4-8-21(20)33-2/h3-4,7-8,19H,5-6,9-18H2,1-2H3,(H,25,29). The Bertz CT molecular complexity index is 810. The Morgan fingerprint density at radius 1 is 1.00 bits per heavy atom. The smallest absolute Gasteiger partial charge is 0.248 e. The Hall–Kier alpha value is -2.81. The van der Waals surface area contributed by atoms with Gasteiger partial charge in [0.15, 0.2) is 0 Å². The van der Waals surface area contributed by atoms with E-state index >= 15 is 0 Å². The van der Waals surface area contributed by atoms with Crippen molar-refractivity contribution < 1.29 is 23.9 Å². The predicted molar refractivity (Wildman–Crippen MR) is 125 cm³/mol. The van der Waals surface area contributed by atoms with Crippen LogP contribution in [0, 0.1) is 5.92 Å². The molecule has 2 aliphatic heterocycles. The number of amides is 3. The van der Waals surface area contributed by atoms with Crippen LogP contribution in [0.15, 0.2) is 24.3 Å². The van der Waals surface area contributed by atoms with Crippen LogP contribution in [0.2, 0.25) is 0 Å². The van der Waals surface area contributed by atoms with Crippen molar-refractivity contribution in [2.45, 2.75) is 25.7 Å². The van der Waals surface area contributed by atoms with Crippen molar-refractivity contribution in [2.75, 3.05) is 71.5 Å². The molecule has 1 aromatic carbocycles. The van der Waals surface area contributed by atoms with E-state index < -0.39 is 0 Å². The third-order valence-electron chi connectivity index (χ3n) is 6.39. The van der Waals surface area contributed by atoms with E-state index in [0.29, 0.717) is 45.6 Å². The van der Waals surface area contributed by atoms with Crippen molar-refractivity contribution in [1.82, 2.24) is 15.1 Å². The van der Waals surface area contributed by atoms with E-state index in [0.717, 1.165) is 30.9 Å². The maximum atomic E-state index is 13.3. The average molecular weight is 461 g/mol. The Labute approximate surface area is 196 Å². The Balaban J connectivity index is 1.59. The highest BCUT2D eigenvalue weighted by Crippen LogP contribution is 2.28. The van der Waals surface area contributed by atoms with E-state index in [4.69, 9.17) is 9.47 Å². The maximum absolute atomic E-state index is 13.3. The van der Waals surface area contributed by atoms with Gasteiger partial charge < -0.3 is 29.5 Å². The number of nitrogens with zero attached hydrogens (tertiary/aromatic N) is 3. The third-order valence-corrected chi connectivity index (χ3v) is 6.39. The first-order chi connectivity index (χ1) is 16.0. The number of hydrogen-bond donors (Lipinski definition) is 1. The lowest BCUT2D eigenvalue weighted by Gasteiger charge is -2.38. The Kier molecular flexibility index (Phi) is 9.35. The molecule has 2 saturated heterocycles. The van der Waals surface area contributed by atoms with Gasteiger partial charge in [-0.15, -0.1) is 0 Å². The molecular formula is C24H36N4O5. The lowest BCUT2D eigenvalue weighted by Crippen LogP contribution is -2.50. The van der Waals surface area contributed by atoms with E-state index in [1.807, 2.05) is 29.2 Å². The first kappa shape index (κ1) is 24.8. The molecule has 1 aromatic rings. The maximum Gasteiger partial charge on any atom is 0.248 e. The molecule has 2 fully saturated rings. The largest absolute Gasteiger partial charge is 0.495 e. The second-order valence-electron chi connectivity index (χ2n) is 8.53. The van der Waals surface area contributed by atoms with Crippen LogP contribution in [-0.4, -0.2) is 94.2 Å². The van der Waals surface area contributed by atoms with Crippen LogP contribution >= 0.6 is 0 Å². The summed E-state index contributed by atoms with van der Waals surface area (Å²) in [5.41, 5.74) is 1.05. The van der Waals surface area contributed by atoms with Crippen molar-refractivity contribution in [3.63, 3.8) is 0 Å². The van der Waals surface area contributed by atoms with Gasteiger partial charge in [-0.1, -0.05) is 12.1 Å². The van der Waals surface area contributed by atoms with Gasteiger partial charge in [0.25, 0.3) is 0 Å². The van der Waals surface area contributed by atoms with Gasteiger partial charge in [-0.25, -0.2) is 0 Å².